The summed E-state index contributed by atoms with van der Waals surface area (Å²) in [6.07, 6.45) is 1.55. The summed E-state index contributed by atoms with van der Waals surface area (Å²) in [5, 5.41) is 12.2. The van der Waals surface area contributed by atoms with Gasteiger partial charge in [-0.2, -0.15) is 5.26 Å². The van der Waals surface area contributed by atoms with Crippen LogP contribution in [0.25, 0.3) is 6.08 Å². The van der Waals surface area contributed by atoms with E-state index in [2.05, 4.69) is 24.1 Å². The SMILES string of the molecule is CCN(CC)c1ccc(C=C(C#N)C(=O)Nc2cccc(C)c2)c(OC)c1. The Balaban J connectivity index is 2.31. The zero-order valence-electron chi connectivity index (χ0n) is 16.2. The first-order valence-corrected chi connectivity index (χ1v) is 8.95. The Kier molecular flexibility index (Phi) is 7.01. The normalized spacial score (nSPS) is 10.9. The van der Waals surface area contributed by atoms with Gasteiger partial charge in [-0.3, -0.25) is 4.79 Å². The van der Waals surface area contributed by atoms with Crippen molar-refractivity contribution in [3.8, 4) is 11.8 Å². The van der Waals surface area contributed by atoms with Gasteiger partial charge in [0.2, 0.25) is 0 Å². The molecule has 1 amide bonds. The fourth-order valence-corrected chi connectivity index (χ4v) is 2.83. The Morgan fingerprint density at radius 2 is 1.96 bits per heavy atom. The van der Waals surface area contributed by atoms with Gasteiger partial charge in [0.1, 0.15) is 17.4 Å². The van der Waals surface area contributed by atoms with Gasteiger partial charge in [0.05, 0.1) is 7.11 Å². The lowest BCUT2D eigenvalue weighted by Gasteiger charge is -2.22. The topological polar surface area (TPSA) is 65.4 Å². The number of ether oxygens (including phenoxy) is 1. The van der Waals surface area contributed by atoms with Crippen LogP contribution in [0.5, 0.6) is 5.75 Å². The third-order valence-corrected chi connectivity index (χ3v) is 4.29. The largest absolute Gasteiger partial charge is 0.496 e. The Morgan fingerprint density at radius 3 is 2.56 bits per heavy atom. The van der Waals surface area contributed by atoms with Crippen LogP contribution >= 0.6 is 0 Å². The molecule has 0 radical (unpaired) electrons. The van der Waals surface area contributed by atoms with Crippen molar-refractivity contribution in [1.82, 2.24) is 0 Å². The second kappa shape index (κ2) is 9.44. The molecular formula is C22H25N3O2. The second-order valence-corrected chi connectivity index (χ2v) is 6.09. The number of anilines is 2. The van der Waals surface area contributed by atoms with E-state index in [1.54, 1.807) is 19.3 Å². The lowest BCUT2D eigenvalue weighted by molar-refractivity contribution is -0.112. The number of carbonyl (C=O) groups excluding carboxylic acids is 1. The fourth-order valence-electron chi connectivity index (χ4n) is 2.83. The van der Waals surface area contributed by atoms with E-state index < -0.39 is 5.91 Å². The molecule has 0 aliphatic heterocycles. The highest BCUT2D eigenvalue weighted by molar-refractivity contribution is 6.09. The van der Waals surface area contributed by atoms with Crippen LogP contribution in [0, 0.1) is 18.3 Å². The molecule has 27 heavy (non-hydrogen) atoms. The molecule has 0 aromatic heterocycles. The van der Waals surface area contributed by atoms with E-state index in [1.807, 2.05) is 49.4 Å². The van der Waals surface area contributed by atoms with Crippen molar-refractivity contribution in [2.75, 3.05) is 30.4 Å². The van der Waals surface area contributed by atoms with Crippen LogP contribution in [0.2, 0.25) is 0 Å². The first-order valence-electron chi connectivity index (χ1n) is 8.95. The molecule has 0 spiro atoms. The molecule has 1 N–H and O–H groups in total. The molecule has 0 aliphatic rings. The summed E-state index contributed by atoms with van der Waals surface area (Å²) in [5.41, 5.74) is 3.43. The van der Waals surface area contributed by atoms with Gasteiger partial charge in [-0.25, -0.2) is 0 Å². The van der Waals surface area contributed by atoms with Gasteiger partial charge in [-0.15, -0.1) is 0 Å². The molecule has 0 aliphatic carbocycles. The monoisotopic (exact) mass is 363 g/mol. The molecule has 2 rings (SSSR count). The van der Waals surface area contributed by atoms with E-state index in [0.29, 0.717) is 17.0 Å². The van der Waals surface area contributed by atoms with Crippen molar-refractivity contribution in [3.63, 3.8) is 0 Å². The summed E-state index contributed by atoms with van der Waals surface area (Å²) >= 11 is 0. The standard InChI is InChI=1S/C22H25N3O2/c1-5-25(6-2)20-11-10-17(21(14-20)27-4)13-18(15-23)22(26)24-19-9-7-8-16(3)12-19/h7-14H,5-6H2,1-4H3,(H,24,26). The van der Waals surface area contributed by atoms with Gasteiger partial charge in [0.15, 0.2) is 0 Å². The maximum absolute atomic E-state index is 12.5. The fraction of sp³-hybridized carbons (Fsp3) is 0.273. The molecule has 0 unspecified atom stereocenters. The Morgan fingerprint density at radius 1 is 1.22 bits per heavy atom. The number of benzene rings is 2. The van der Waals surface area contributed by atoms with Crippen LogP contribution < -0.4 is 15.0 Å². The maximum Gasteiger partial charge on any atom is 0.266 e. The highest BCUT2D eigenvalue weighted by Crippen LogP contribution is 2.27. The predicted molar refractivity (Wildman–Crippen MR) is 110 cm³/mol. The molecule has 5 heteroatoms. The Hall–Kier alpha value is -3.26. The average Bonchev–Trinajstić information content (AvgIpc) is 2.67. The molecule has 0 fully saturated rings. The number of aryl methyl sites for hydroxylation is 1. The van der Waals surface area contributed by atoms with Crippen molar-refractivity contribution < 1.29 is 9.53 Å². The van der Waals surface area contributed by atoms with E-state index in [9.17, 15) is 10.1 Å². The van der Waals surface area contributed by atoms with E-state index in [-0.39, 0.29) is 5.57 Å². The van der Waals surface area contributed by atoms with E-state index in [1.165, 1.54) is 0 Å². The molecule has 2 aromatic rings. The molecule has 140 valence electrons. The van der Waals surface area contributed by atoms with Crippen molar-refractivity contribution >= 4 is 23.4 Å². The van der Waals surface area contributed by atoms with Crippen LogP contribution in [0.4, 0.5) is 11.4 Å². The number of nitrogens with one attached hydrogen (secondary N) is 1. The van der Waals surface area contributed by atoms with Crippen LogP contribution in [-0.2, 0) is 4.79 Å². The highest BCUT2D eigenvalue weighted by atomic mass is 16.5. The number of nitrogens with zero attached hydrogens (tertiary/aromatic N) is 2. The smallest absolute Gasteiger partial charge is 0.266 e. The number of hydrogen-bond acceptors (Lipinski definition) is 4. The minimum absolute atomic E-state index is 0.0189. The summed E-state index contributed by atoms with van der Waals surface area (Å²) in [4.78, 5) is 14.7. The Bertz CT molecular complexity index is 877. The number of amides is 1. The van der Waals surface area contributed by atoms with Gasteiger partial charge >= 0.3 is 0 Å². The number of methoxy groups -OCH3 is 1. The third-order valence-electron chi connectivity index (χ3n) is 4.29. The van der Waals surface area contributed by atoms with Crippen molar-refractivity contribution in [1.29, 1.82) is 5.26 Å². The van der Waals surface area contributed by atoms with Gasteiger partial charge in [-0.1, -0.05) is 12.1 Å². The van der Waals surface area contributed by atoms with Gasteiger partial charge in [0.25, 0.3) is 5.91 Å². The van der Waals surface area contributed by atoms with Crippen molar-refractivity contribution in [2.45, 2.75) is 20.8 Å². The molecule has 0 saturated heterocycles. The van der Waals surface area contributed by atoms with E-state index in [4.69, 9.17) is 4.74 Å². The molecule has 2 aromatic carbocycles. The summed E-state index contributed by atoms with van der Waals surface area (Å²) < 4.78 is 5.47. The Labute approximate surface area is 160 Å². The van der Waals surface area contributed by atoms with Gasteiger partial charge in [0, 0.05) is 36.1 Å². The lowest BCUT2D eigenvalue weighted by atomic mass is 10.1. The third kappa shape index (κ3) is 5.11. The molecule has 0 saturated carbocycles. The lowest BCUT2D eigenvalue weighted by Crippen LogP contribution is -2.21. The van der Waals surface area contributed by atoms with E-state index >= 15 is 0 Å². The van der Waals surface area contributed by atoms with Crippen molar-refractivity contribution in [2.24, 2.45) is 0 Å². The van der Waals surface area contributed by atoms with E-state index in [0.717, 1.165) is 24.3 Å². The summed E-state index contributed by atoms with van der Waals surface area (Å²) in [7, 11) is 1.58. The van der Waals surface area contributed by atoms with Crippen LogP contribution in [0.3, 0.4) is 0 Å². The minimum Gasteiger partial charge on any atom is -0.496 e. The molecule has 5 nitrogen and oxygen atoms in total. The van der Waals surface area contributed by atoms with Crippen LogP contribution in [-0.4, -0.2) is 26.1 Å². The first kappa shape index (κ1) is 20.1. The van der Waals surface area contributed by atoms with Gasteiger partial charge < -0.3 is 15.0 Å². The van der Waals surface area contributed by atoms with Gasteiger partial charge in [-0.05, 0) is 56.7 Å². The molecular weight excluding hydrogens is 338 g/mol. The zero-order chi connectivity index (χ0) is 19.8. The maximum atomic E-state index is 12.5. The predicted octanol–water partition coefficient (Wildman–Crippen LogP) is 4.40. The number of hydrogen-bond donors (Lipinski definition) is 1. The average molecular weight is 363 g/mol. The number of rotatable bonds is 7. The summed E-state index contributed by atoms with van der Waals surface area (Å²) in [6.45, 7) is 7.90. The van der Waals surface area contributed by atoms with Crippen molar-refractivity contribution in [3.05, 3.63) is 59.2 Å². The first-order chi connectivity index (χ1) is 13.0. The second-order valence-electron chi connectivity index (χ2n) is 6.09. The quantitative estimate of drug-likeness (QED) is 0.585. The summed E-state index contributed by atoms with van der Waals surface area (Å²) in [6, 6.07) is 15.2. The van der Waals surface area contributed by atoms with Crippen LogP contribution in [0.15, 0.2) is 48.0 Å². The number of nitriles is 1. The molecule has 0 atom stereocenters. The molecule has 0 bridgehead atoms. The molecule has 0 heterocycles. The minimum atomic E-state index is -0.446. The summed E-state index contributed by atoms with van der Waals surface area (Å²) in [5.74, 6) is 0.175. The highest BCUT2D eigenvalue weighted by Gasteiger charge is 2.13. The number of carbonyl (C=O) groups is 1. The van der Waals surface area contributed by atoms with Crippen LogP contribution in [0.1, 0.15) is 25.0 Å². The zero-order valence-corrected chi connectivity index (χ0v) is 16.2.